The number of rotatable bonds is 4. The van der Waals surface area contributed by atoms with E-state index in [0.717, 1.165) is 17.4 Å². The van der Waals surface area contributed by atoms with Crippen LogP contribution in [0.5, 0.6) is 0 Å². The number of nitro benzene ring substituents is 1. The van der Waals surface area contributed by atoms with Crippen molar-refractivity contribution in [1.29, 1.82) is 0 Å². The summed E-state index contributed by atoms with van der Waals surface area (Å²) in [5.41, 5.74) is 1.78. The third-order valence-corrected chi connectivity index (χ3v) is 2.00. The monoisotopic (exact) mass is 205 g/mol. The first-order chi connectivity index (χ1) is 7.15. The summed E-state index contributed by atoms with van der Waals surface area (Å²) < 4.78 is 0. The molecule has 0 bridgehead atoms. The molecule has 0 spiro atoms. The van der Waals surface area contributed by atoms with E-state index in [1.54, 1.807) is 18.2 Å². The molecule has 0 heterocycles. The van der Waals surface area contributed by atoms with Gasteiger partial charge in [-0.05, 0) is 18.1 Å². The van der Waals surface area contributed by atoms with Crippen molar-refractivity contribution >= 4 is 18.0 Å². The first-order valence-corrected chi connectivity index (χ1v) is 4.50. The van der Waals surface area contributed by atoms with Gasteiger partial charge in [0, 0.05) is 18.6 Å². The molecule has 0 aliphatic rings. The Morgan fingerprint density at radius 2 is 2.20 bits per heavy atom. The minimum atomic E-state index is -0.434. The first kappa shape index (κ1) is 11.1. The number of hydrogen-bond acceptors (Lipinski definition) is 3. The van der Waals surface area contributed by atoms with Gasteiger partial charge in [0.1, 0.15) is 6.29 Å². The molecule has 0 unspecified atom stereocenters. The Morgan fingerprint density at radius 1 is 1.47 bits per heavy atom. The third kappa shape index (κ3) is 3.02. The van der Waals surface area contributed by atoms with Gasteiger partial charge in [0.05, 0.1) is 4.92 Å². The van der Waals surface area contributed by atoms with Crippen molar-refractivity contribution in [3.63, 3.8) is 0 Å². The van der Waals surface area contributed by atoms with Crippen molar-refractivity contribution in [1.82, 2.24) is 0 Å². The summed E-state index contributed by atoms with van der Waals surface area (Å²) in [6, 6.07) is 4.65. The van der Waals surface area contributed by atoms with E-state index >= 15 is 0 Å². The molecular weight excluding hydrogens is 194 g/mol. The molecule has 0 aliphatic heterocycles. The summed E-state index contributed by atoms with van der Waals surface area (Å²) in [7, 11) is 0. The van der Waals surface area contributed by atoms with Crippen LogP contribution in [0.15, 0.2) is 24.3 Å². The molecule has 15 heavy (non-hydrogen) atoms. The zero-order valence-corrected chi connectivity index (χ0v) is 8.34. The van der Waals surface area contributed by atoms with Gasteiger partial charge in [0.25, 0.3) is 5.69 Å². The van der Waals surface area contributed by atoms with Crippen molar-refractivity contribution in [2.45, 2.75) is 13.3 Å². The second-order valence-corrected chi connectivity index (χ2v) is 3.10. The molecule has 0 saturated heterocycles. The quantitative estimate of drug-likeness (QED) is 0.431. The van der Waals surface area contributed by atoms with Gasteiger partial charge in [-0.3, -0.25) is 10.1 Å². The molecular formula is C11H11NO3. The van der Waals surface area contributed by atoms with E-state index in [1.165, 1.54) is 12.1 Å². The molecule has 78 valence electrons. The van der Waals surface area contributed by atoms with Crippen LogP contribution in [0.25, 0.3) is 6.08 Å². The molecule has 1 rings (SSSR count). The minimum absolute atomic E-state index is 0.0614. The summed E-state index contributed by atoms with van der Waals surface area (Å²) >= 11 is 0. The number of carbonyl (C=O) groups excluding carboxylic acids is 1. The Hall–Kier alpha value is -1.97. The van der Waals surface area contributed by atoms with E-state index in [9.17, 15) is 14.9 Å². The van der Waals surface area contributed by atoms with Crippen LogP contribution in [-0.2, 0) is 4.79 Å². The summed E-state index contributed by atoms with van der Waals surface area (Å²) in [5.74, 6) is 0. The number of nitro groups is 1. The highest BCUT2D eigenvalue weighted by Crippen LogP contribution is 2.18. The molecule has 0 fully saturated rings. The van der Waals surface area contributed by atoms with Crippen LogP contribution >= 0.6 is 0 Å². The maximum absolute atomic E-state index is 10.5. The molecule has 0 aromatic heterocycles. The number of allylic oxidation sites excluding steroid dienone is 1. The molecule has 1 aromatic rings. The SMILES string of the molecule is Cc1ccc([N+](=O)[O-])cc1C=CCC=O. The normalized spacial score (nSPS) is 10.5. The predicted octanol–water partition coefficient (Wildman–Crippen LogP) is 2.51. The van der Waals surface area contributed by atoms with Gasteiger partial charge in [-0.25, -0.2) is 0 Å². The number of aryl methyl sites for hydroxylation is 1. The van der Waals surface area contributed by atoms with E-state index in [-0.39, 0.29) is 5.69 Å². The highest BCUT2D eigenvalue weighted by atomic mass is 16.6. The number of benzene rings is 1. The lowest BCUT2D eigenvalue weighted by Gasteiger charge is -1.99. The van der Waals surface area contributed by atoms with Crippen LogP contribution in [0, 0.1) is 17.0 Å². The van der Waals surface area contributed by atoms with Crippen LogP contribution in [-0.4, -0.2) is 11.2 Å². The average molecular weight is 205 g/mol. The molecule has 0 radical (unpaired) electrons. The lowest BCUT2D eigenvalue weighted by molar-refractivity contribution is -0.384. The number of nitrogens with zero attached hydrogens (tertiary/aromatic N) is 1. The number of carbonyl (C=O) groups is 1. The predicted molar refractivity (Wildman–Crippen MR) is 57.5 cm³/mol. The topological polar surface area (TPSA) is 60.2 Å². The number of hydrogen-bond donors (Lipinski definition) is 0. The standard InChI is InChI=1S/C11H11NO3/c1-9-5-6-11(12(14)15)8-10(9)4-2-3-7-13/h2,4-8H,3H2,1H3. The van der Waals surface area contributed by atoms with E-state index in [4.69, 9.17) is 0 Å². The maximum Gasteiger partial charge on any atom is 0.270 e. The first-order valence-electron chi connectivity index (χ1n) is 4.50. The fraction of sp³-hybridized carbons (Fsp3) is 0.182. The summed E-state index contributed by atoms with van der Waals surface area (Å²) in [6.07, 6.45) is 4.50. The van der Waals surface area contributed by atoms with Gasteiger partial charge in [0.15, 0.2) is 0 Å². The highest BCUT2D eigenvalue weighted by molar-refractivity contribution is 5.61. The largest absolute Gasteiger partial charge is 0.303 e. The lowest BCUT2D eigenvalue weighted by atomic mass is 10.1. The lowest BCUT2D eigenvalue weighted by Crippen LogP contribution is -1.89. The average Bonchev–Trinajstić information content (AvgIpc) is 2.20. The maximum atomic E-state index is 10.5. The number of aldehydes is 1. The third-order valence-electron chi connectivity index (χ3n) is 2.00. The highest BCUT2D eigenvalue weighted by Gasteiger charge is 2.06. The van der Waals surface area contributed by atoms with E-state index in [0.29, 0.717) is 6.42 Å². The second-order valence-electron chi connectivity index (χ2n) is 3.10. The fourth-order valence-corrected chi connectivity index (χ4v) is 1.17. The molecule has 0 aliphatic carbocycles. The van der Waals surface area contributed by atoms with Gasteiger partial charge in [-0.15, -0.1) is 0 Å². The molecule has 0 amide bonds. The minimum Gasteiger partial charge on any atom is -0.303 e. The zero-order valence-electron chi connectivity index (χ0n) is 8.34. The smallest absolute Gasteiger partial charge is 0.270 e. The van der Waals surface area contributed by atoms with Crippen LogP contribution in [0.3, 0.4) is 0 Å². The Kier molecular flexibility index (Phi) is 3.74. The summed E-state index contributed by atoms with van der Waals surface area (Å²) in [5, 5.41) is 10.5. The Bertz CT molecular complexity index is 410. The summed E-state index contributed by atoms with van der Waals surface area (Å²) in [4.78, 5) is 20.2. The molecule has 4 nitrogen and oxygen atoms in total. The van der Waals surface area contributed by atoms with E-state index < -0.39 is 4.92 Å². The van der Waals surface area contributed by atoms with Crippen LogP contribution in [0.4, 0.5) is 5.69 Å². The fourth-order valence-electron chi connectivity index (χ4n) is 1.17. The molecule has 4 heteroatoms. The Balaban J connectivity index is 3.00. The van der Waals surface area contributed by atoms with E-state index in [2.05, 4.69) is 0 Å². The van der Waals surface area contributed by atoms with Gasteiger partial charge >= 0.3 is 0 Å². The molecule has 0 saturated carbocycles. The van der Waals surface area contributed by atoms with Gasteiger partial charge < -0.3 is 4.79 Å². The van der Waals surface area contributed by atoms with Crippen LogP contribution in [0.1, 0.15) is 17.5 Å². The van der Waals surface area contributed by atoms with Gasteiger partial charge in [-0.2, -0.15) is 0 Å². The van der Waals surface area contributed by atoms with Crippen LogP contribution in [0.2, 0.25) is 0 Å². The second kappa shape index (κ2) is 5.05. The van der Waals surface area contributed by atoms with Crippen LogP contribution < -0.4 is 0 Å². The van der Waals surface area contributed by atoms with Crippen molar-refractivity contribution < 1.29 is 9.72 Å². The zero-order chi connectivity index (χ0) is 11.3. The van der Waals surface area contributed by atoms with Gasteiger partial charge in [0.2, 0.25) is 0 Å². The Labute approximate surface area is 87.4 Å². The molecule has 0 atom stereocenters. The van der Waals surface area contributed by atoms with Crippen molar-refractivity contribution in [2.24, 2.45) is 0 Å². The molecule has 0 N–H and O–H groups in total. The summed E-state index contributed by atoms with van der Waals surface area (Å²) in [6.45, 7) is 1.87. The van der Waals surface area contributed by atoms with Crippen molar-refractivity contribution in [3.05, 3.63) is 45.5 Å². The van der Waals surface area contributed by atoms with E-state index in [1.807, 2.05) is 6.92 Å². The van der Waals surface area contributed by atoms with Crippen molar-refractivity contribution in [3.8, 4) is 0 Å². The van der Waals surface area contributed by atoms with Gasteiger partial charge in [-0.1, -0.05) is 18.2 Å². The number of non-ortho nitro benzene ring substituents is 1. The van der Waals surface area contributed by atoms with Crippen molar-refractivity contribution in [2.75, 3.05) is 0 Å². The molecule has 1 aromatic carbocycles. The Morgan fingerprint density at radius 3 is 2.80 bits per heavy atom.